The molecule has 0 aromatic carbocycles. The number of alkyl halides is 3. The molecule has 0 aliphatic heterocycles. The highest BCUT2D eigenvalue weighted by molar-refractivity contribution is 5.32. The van der Waals surface area contributed by atoms with E-state index in [2.05, 4.69) is 21.2 Å². The number of rotatable bonds is 5. The van der Waals surface area contributed by atoms with Gasteiger partial charge in [0.2, 0.25) is 11.8 Å². The van der Waals surface area contributed by atoms with Crippen LogP contribution in [0.15, 0.2) is 6.07 Å². The fourth-order valence-electron chi connectivity index (χ4n) is 1.08. The monoisotopic (exact) mass is 259 g/mol. The van der Waals surface area contributed by atoms with Crippen LogP contribution in [-0.4, -0.2) is 23.1 Å². The maximum Gasteiger partial charge on any atom is 0.433 e. The van der Waals surface area contributed by atoms with Gasteiger partial charge < -0.3 is 10.1 Å². The van der Waals surface area contributed by atoms with Crippen molar-refractivity contribution in [2.45, 2.75) is 19.5 Å². The number of halogens is 3. The van der Waals surface area contributed by atoms with Gasteiger partial charge in [-0.05, 0) is 6.42 Å². The van der Waals surface area contributed by atoms with Gasteiger partial charge >= 0.3 is 6.18 Å². The second kappa shape index (κ2) is 6.10. The van der Waals surface area contributed by atoms with Crippen LogP contribution in [0.4, 0.5) is 19.1 Å². The molecule has 0 atom stereocenters. The highest BCUT2D eigenvalue weighted by atomic mass is 19.4. The van der Waals surface area contributed by atoms with E-state index in [1.807, 2.05) is 6.92 Å². The molecule has 0 aliphatic rings. The van der Waals surface area contributed by atoms with E-state index in [9.17, 15) is 13.2 Å². The second-order valence-electron chi connectivity index (χ2n) is 3.33. The normalized spacial score (nSPS) is 10.8. The minimum Gasteiger partial charge on any atom is -0.464 e. The molecule has 0 saturated heterocycles. The molecule has 0 bridgehead atoms. The Bertz CT molecular complexity index is 440. The standard InChI is InChI=1S/C11H12F3N3O/c1-3-5-15-10-16-8(11(12,13)14)7-9(17-10)18-6-4-2/h2,7H,3,5-6H2,1H3,(H,15,16,17). The first-order valence-corrected chi connectivity index (χ1v) is 5.23. The van der Waals surface area contributed by atoms with Crippen molar-refractivity contribution in [3.8, 4) is 18.2 Å². The summed E-state index contributed by atoms with van der Waals surface area (Å²) in [6.45, 7) is 2.19. The molecule has 0 spiro atoms. The lowest BCUT2D eigenvalue weighted by Gasteiger charge is -2.11. The molecule has 98 valence electrons. The third-order valence-electron chi connectivity index (χ3n) is 1.83. The average Bonchev–Trinajstić information content (AvgIpc) is 2.32. The molecule has 0 radical (unpaired) electrons. The number of nitrogens with one attached hydrogen (secondary N) is 1. The van der Waals surface area contributed by atoms with Crippen molar-refractivity contribution in [1.29, 1.82) is 0 Å². The van der Waals surface area contributed by atoms with E-state index in [1.165, 1.54) is 0 Å². The van der Waals surface area contributed by atoms with Crippen LogP contribution < -0.4 is 10.1 Å². The molecule has 0 fully saturated rings. The van der Waals surface area contributed by atoms with Crippen molar-refractivity contribution in [3.63, 3.8) is 0 Å². The second-order valence-corrected chi connectivity index (χ2v) is 3.33. The van der Waals surface area contributed by atoms with Crippen molar-refractivity contribution in [1.82, 2.24) is 9.97 Å². The van der Waals surface area contributed by atoms with Gasteiger partial charge in [-0.25, -0.2) is 4.98 Å². The Balaban J connectivity index is 3.00. The van der Waals surface area contributed by atoms with Crippen molar-refractivity contribution < 1.29 is 17.9 Å². The van der Waals surface area contributed by atoms with Crippen molar-refractivity contribution >= 4 is 5.95 Å². The summed E-state index contributed by atoms with van der Waals surface area (Å²) in [4.78, 5) is 7.15. The summed E-state index contributed by atoms with van der Waals surface area (Å²) in [6.07, 6.45) is 1.14. The van der Waals surface area contributed by atoms with Crippen LogP contribution in [-0.2, 0) is 6.18 Å². The molecule has 0 unspecified atom stereocenters. The molecule has 1 heterocycles. The van der Waals surface area contributed by atoms with Crippen molar-refractivity contribution in [2.75, 3.05) is 18.5 Å². The molecule has 1 aromatic rings. The minimum absolute atomic E-state index is 0.126. The first kappa shape index (κ1) is 14.1. The number of ether oxygens (including phenoxy) is 1. The highest BCUT2D eigenvalue weighted by Crippen LogP contribution is 2.30. The zero-order valence-electron chi connectivity index (χ0n) is 9.71. The van der Waals surface area contributed by atoms with Gasteiger partial charge in [-0.3, -0.25) is 0 Å². The Morgan fingerprint density at radius 1 is 1.44 bits per heavy atom. The zero-order valence-corrected chi connectivity index (χ0v) is 9.71. The summed E-state index contributed by atoms with van der Waals surface area (Å²) >= 11 is 0. The third kappa shape index (κ3) is 4.13. The smallest absolute Gasteiger partial charge is 0.433 e. The lowest BCUT2D eigenvalue weighted by Crippen LogP contribution is -2.13. The van der Waals surface area contributed by atoms with Gasteiger partial charge in [0.05, 0.1) is 0 Å². The van der Waals surface area contributed by atoms with Crippen LogP contribution in [0.3, 0.4) is 0 Å². The predicted molar refractivity (Wildman–Crippen MR) is 60.1 cm³/mol. The Morgan fingerprint density at radius 3 is 2.72 bits per heavy atom. The van der Waals surface area contributed by atoms with Crippen LogP contribution in [0.25, 0.3) is 0 Å². The SMILES string of the molecule is C#CCOc1cc(C(F)(F)F)nc(NCCC)n1. The van der Waals surface area contributed by atoms with Gasteiger partial charge in [0, 0.05) is 12.6 Å². The van der Waals surface area contributed by atoms with Crippen LogP contribution in [0.2, 0.25) is 0 Å². The summed E-state index contributed by atoms with van der Waals surface area (Å²) < 4.78 is 42.6. The molecule has 4 nitrogen and oxygen atoms in total. The van der Waals surface area contributed by atoms with Gasteiger partial charge in [-0.1, -0.05) is 12.8 Å². The van der Waals surface area contributed by atoms with E-state index >= 15 is 0 Å². The fraction of sp³-hybridized carbons (Fsp3) is 0.455. The van der Waals surface area contributed by atoms with E-state index in [0.717, 1.165) is 6.42 Å². The minimum atomic E-state index is -4.56. The molecule has 7 heteroatoms. The van der Waals surface area contributed by atoms with Crippen LogP contribution in [0, 0.1) is 12.3 Å². The summed E-state index contributed by atoms with van der Waals surface area (Å²) in [5, 5.41) is 2.67. The van der Waals surface area contributed by atoms with E-state index in [4.69, 9.17) is 11.2 Å². The fourth-order valence-corrected chi connectivity index (χ4v) is 1.08. The molecule has 1 aromatic heterocycles. The number of nitrogens with zero attached hydrogens (tertiary/aromatic N) is 2. The van der Waals surface area contributed by atoms with E-state index in [1.54, 1.807) is 0 Å². The van der Waals surface area contributed by atoms with Gasteiger partial charge in [0.15, 0.2) is 12.3 Å². The summed E-state index contributed by atoms with van der Waals surface area (Å²) in [7, 11) is 0. The van der Waals surface area contributed by atoms with Crippen LogP contribution in [0.5, 0.6) is 5.88 Å². The number of aromatic nitrogens is 2. The Hall–Kier alpha value is -1.97. The largest absolute Gasteiger partial charge is 0.464 e. The van der Waals surface area contributed by atoms with Crippen molar-refractivity contribution in [3.05, 3.63) is 11.8 Å². The molecule has 1 N–H and O–H groups in total. The maximum atomic E-state index is 12.6. The molecule has 18 heavy (non-hydrogen) atoms. The number of hydrogen-bond acceptors (Lipinski definition) is 4. The predicted octanol–water partition coefficient (Wildman–Crippen LogP) is 2.33. The quantitative estimate of drug-likeness (QED) is 0.824. The first-order chi connectivity index (χ1) is 8.47. The van der Waals surface area contributed by atoms with Gasteiger partial charge in [-0.15, -0.1) is 6.42 Å². The third-order valence-corrected chi connectivity index (χ3v) is 1.83. The van der Waals surface area contributed by atoms with Gasteiger partial charge in [0.25, 0.3) is 0 Å². The first-order valence-electron chi connectivity index (χ1n) is 5.23. The van der Waals surface area contributed by atoms with Crippen molar-refractivity contribution in [2.24, 2.45) is 0 Å². The summed E-state index contributed by atoms with van der Waals surface area (Å²) in [5.41, 5.74) is -1.07. The number of hydrogen-bond donors (Lipinski definition) is 1. The average molecular weight is 259 g/mol. The van der Waals surface area contributed by atoms with Crippen LogP contribution in [0.1, 0.15) is 19.0 Å². The summed E-state index contributed by atoms with van der Waals surface area (Å²) in [6, 6.07) is 0.717. The highest BCUT2D eigenvalue weighted by Gasteiger charge is 2.34. The van der Waals surface area contributed by atoms with Gasteiger partial charge in [-0.2, -0.15) is 18.2 Å². The van der Waals surface area contributed by atoms with E-state index in [0.29, 0.717) is 12.6 Å². The van der Waals surface area contributed by atoms with Gasteiger partial charge in [0.1, 0.15) is 0 Å². The lowest BCUT2D eigenvalue weighted by atomic mass is 10.4. The van der Waals surface area contributed by atoms with Crippen LogP contribution >= 0.6 is 0 Å². The molecular formula is C11H12F3N3O. The molecule has 0 amide bonds. The lowest BCUT2D eigenvalue weighted by molar-refractivity contribution is -0.141. The number of terminal acetylenes is 1. The molecule has 0 saturated carbocycles. The zero-order chi connectivity index (χ0) is 13.6. The molecule has 1 rings (SSSR count). The molecular weight excluding hydrogens is 247 g/mol. The Morgan fingerprint density at radius 2 is 2.17 bits per heavy atom. The Labute approximate surface area is 103 Å². The van der Waals surface area contributed by atoms with E-state index < -0.39 is 11.9 Å². The summed E-state index contributed by atoms with van der Waals surface area (Å²) in [5.74, 6) is 1.83. The Kier molecular flexibility index (Phi) is 4.77. The topological polar surface area (TPSA) is 47.0 Å². The maximum absolute atomic E-state index is 12.6. The van der Waals surface area contributed by atoms with E-state index in [-0.39, 0.29) is 18.4 Å². The number of anilines is 1. The molecule has 0 aliphatic carbocycles.